The quantitative estimate of drug-likeness (QED) is 0.686. The molecule has 0 bridgehead atoms. The van der Waals surface area contributed by atoms with E-state index >= 15 is 0 Å². The SMILES string of the molecule is CCCN1CCCC(C(C)NCCCS(C)=O)C1. The summed E-state index contributed by atoms with van der Waals surface area (Å²) in [5.74, 6) is 1.62. The van der Waals surface area contributed by atoms with Crippen molar-refractivity contribution < 1.29 is 4.21 Å². The maximum absolute atomic E-state index is 11.0. The van der Waals surface area contributed by atoms with Crippen LogP contribution in [0.4, 0.5) is 0 Å². The molecule has 4 heteroatoms. The van der Waals surface area contributed by atoms with Crippen LogP contribution in [0.15, 0.2) is 0 Å². The predicted octanol–water partition coefficient (Wildman–Crippen LogP) is 1.86. The summed E-state index contributed by atoms with van der Waals surface area (Å²) in [5.41, 5.74) is 0. The number of piperidine rings is 1. The lowest BCUT2D eigenvalue weighted by atomic mass is 9.91. The van der Waals surface area contributed by atoms with Gasteiger partial charge in [0.2, 0.25) is 0 Å². The van der Waals surface area contributed by atoms with Crippen LogP contribution < -0.4 is 5.32 Å². The van der Waals surface area contributed by atoms with Crippen molar-refractivity contribution in [2.75, 3.05) is 38.2 Å². The lowest BCUT2D eigenvalue weighted by Gasteiger charge is -2.36. The van der Waals surface area contributed by atoms with Crippen molar-refractivity contribution >= 4 is 10.8 Å². The molecule has 3 atom stereocenters. The first-order chi connectivity index (χ1) is 8.63. The number of hydrogen-bond acceptors (Lipinski definition) is 3. The molecule has 0 spiro atoms. The second-order valence-corrected chi connectivity index (χ2v) is 7.13. The van der Waals surface area contributed by atoms with Crippen LogP contribution in [-0.2, 0) is 10.8 Å². The van der Waals surface area contributed by atoms with Crippen molar-refractivity contribution in [2.45, 2.75) is 45.6 Å². The minimum Gasteiger partial charge on any atom is -0.314 e. The van der Waals surface area contributed by atoms with E-state index in [-0.39, 0.29) is 0 Å². The van der Waals surface area contributed by atoms with Crippen LogP contribution in [0.5, 0.6) is 0 Å². The Balaban J connectivity index is 2.19. The molecule has 0 saturated carbocycles. The minimum atomic E-state index is -0.642. The number of nitrogens with one attached hydrogen (secondary N) is 1. The number of nitrogens with zero attached hydrogens (tertiary/aromatic N) is 1. The second-order valence-electron chi connectivity index (χ2n) is 5.58. The topological polar surface area (TPSA) is 32.3 Å². The van der Waals surface area contributed by atoms with Crippen LogP contribution in [0.25, 0.3) is 0 Å². The zero-order valence-corrected chi connectivity index (χ0v) is 13.1. The third-order valence-electron chi connectivity index (χ3n) is 3.86. The zero-order chi connectivity index (χ0) is 13.4. The summed E-state index contributed by atoms with van der Waals surface area (Å²) >= 11 is 0. The van der Waals surface area contributed by atoms with E-state index in [1.54, 1.807) is 6.26 Å². The molecule has 1 aliphatic heterocycles. The van der Waals surface area contributed by atoms with Crippen molar-refractivity contribution in [1.82, 2.24) is 10.2 Å². The van der Waals surface area contributed by atoms with Crippen molar-refractivity contribution in [3.63, 3.8) is 0 Å². The molecule has 1 heterocycles. The van der Waals surface area contributed by atoms with Crippen molar-refractivity contribution in [3.05, 3.63) is 0 Å². The Kier molecular flexibility index (Phi) is 8.11. The van der Waals surface area contributed by atoms with Gasteiger partial charge in [-0.15, -0.1) is 0 Å². The summed E-state index contributed by atoms with van der Waals surface area (Å²) in [6, 6.07) is 0.593. The molecular weight excluding hydrogens is 244 g/mol. The van der Waals surface area contributed by atoms with Gasteiger partial charge in [-0.3, -0.25) is 4.21 Å². The van der Waals surface area contributed by atoms with Crippen LogP contribution in [0.1, 0.15) is 39.5 Å². The number of hydrogen-bond donors (Lipinski definition) is 1. The maximum Gasteiger partial charge on any atom is 0.0244 e. The lowest BCUT2D eigenvalue weighted by molar-refractivity contribution is 0.151. The molecule has 0 aliphatic carbocycles. The molecule has 0 radical (unpaired) electrons. The monoisotopic (exact) mass is 274 g/mol. The molecule has 1 saturated heterocycles. The standard InChI is InChI=1S/C14H30N2OS/c1-4-9-16-10-5-7-14(12-16)13(2)15-8-6-11-18(3)17/h13-15H,4-12H2,1-3H3. The van der Waals surface area contributed by atoms with Crippen molar-refractivity contribution in [3.8, 4) is 0 Å². The van der Waals surface area contributed by atoms with Gasteiger partial charge in [-0.25, -0.2) is 0 Å². The summed E-state index contributed by atoms with van der Waals surface area (Å²) in [4.78, 5) is 2.60. The summed E-state index contributed by atoms with van der Waals surface area (Å²) in [6.45, 7) is 9.36. The van der Waals surface area contributed by atoms with Crippen LogP contribution >= 0.6 is 0 Å². The molecule has 0 aromatic carbocycles. The molecule has 0 aromatic heterocycles. The van der Waals surface area contributed by atoms with Gasteiger partial charge in [-0.2, -0.15) is 0 Å². The van der Waals surface area contributed by atoms with Gasteiger partial charge < -0.3 is 10.2 Å². The minimum absolute atomic E-state index is 0.593. The molecule has 0 aromatic rings. The fraction of sp³-hybridized carbons (Fsp3) is 1.00. The maximum atomic E-state index is 11.0. The molecule has 1 aliphatic rings. The molecule has 1 fully saturated rings. The fourth-order valence-electron chi connectivity index (χ4n) is 2.79. The van der Waals surface area contributed by atoms with E-state index in [9.17, 15) is 4.21 Å². The van der Waals surface area contributed by atoms with E-state index < -0.39 is 10.8 Å². The Bertz CT molecular complexity index is 246. The molecule has 0 amide bonds. The van der Waals surface area contributed by atoms with Crippen molar-refractivity contribution in [2.24, 2.45) is 5.92 Å². The zero-order valence-electron chi connectivity index (χ0n) is 12.3. The van der Waals surface area contributed by atoms with Crippen LogP contribution in [-0.4, -0.2) is 53.3 Å². The average molecular weight is 274 g/mol. The normalized spacial score (nSPS) is 24.9. The highest BCUT2D eigenvalue weighted by molar-refractivity contribution is 7.84. The molecule has 18 heavy (non-hydrogen) atoms. The first-order valence-electron chi connectivity index (χ1n) is 7.39. The Hall–Kier alpha value is 0.0700. The molecule has 3 unspecified atom stereocenters. The second kappa shape index (κ2) is 9.05. The van der Waals surface area contributed by atoms with Gasteiger partial charge in [0.15, 0.2) is 0 Å². The number of rotatable bonds is 8. The summed E-state index contributed by atoms with van der Waals surface area (Å²) < 4.78 is 11.0. The fourth-order valence-corrected chi connectivity index (χ4v) is 3.34. The Morgan fingerprint density at radius 1 is 1.50 bits per heavy atom. The highest BCUT2D eigenvalue weighted by Gasteiger charge is 2.23. The van der Waals surface area contributed by atoms with E-state index in [1.807, 2.05) is 0 Å². The summed E-state index contributed by atoms with van der Waals surface area (Å²) in [7, 11) is -0.642. The van der Waals surface area contributed by atoms with Crippen LogP contribution in [0.3, 0.4) is 0 Å². The molecule has 108 valence electrons. The van der Waals surface area contributed by atoms with Crippen molar-refractivity contribution in [1.29, 1.82) is 0 Å². The van der Waals surface area contributed by atoms with Gasteiger partial charge in [0.05, 0.1) is 0 Å². The van der Waals surface area contributed by atoms with Gasteiger partial charge in [0.1, 0.15) is 0 Å². The van der Waals surface area contributed by atoms with E-state index in [4.69, 9.17) is 0 Å². The Labute approximate surface area is 115 Å². The summed E-state index contributed by atoms with van der Waals surface area (Å²) in [6.07, 6.45) is 6.77. The van der Waals surface area contributed by atoms with Gasteiger partial charge in [0, 0.05) is 35.4 Å². The van der Waals surface area contributed by atoms with E-state index in [0.29, 0.717) is 6.04 Å². The van der Waals surface area contributed by atoms with Gasteiger partial charge in [-0.05, 0) is 58.2 Å². The summed E-state index contributed by atoms with van der Waals surface area (Å²) in [5, 5.41) is 3.61. The predicted molar refractivity (Wildman–Crippen MR) is 80.5 cm³/mol. The van der Waals surface area contributed by atoms with Gasteiger partial charge in [-0.1, -0.05) is 6.92 Å². The highest BCUT2D eigenvalue weighted by Crippen LogP contribution is 2.19. The number of likely N-dealkylation sites (tertiary alicyclic amines) is 1. The Morgan fingerprint density at radius 2 is 2.28 bits per heavy atom. The highest BCUT2D eigenvalue weighted by atomic mass is 32.2. The average Bonchev–Trinajstić information content (AvgIpc) is 2.35. The van der Waals surface area contributed by atoms with Gasteiger partial charge in [0.25, 0.3) is 0 Å². The molecule has 3 nitrogen and oxygen atoms in total. The third kappa shape index (κ3) is 6.30. The third-order valence-corrected chi connectivity index (χ3v) is 4.73. The molecule has 1 N–H and O–H groups in total. The van der Waals surface area contributed by atoms with E-state index in [0.717, 1.165) is 24.6 Å². The smallest absolute Gasteiger partial charge is 0.0244 e. The lowest BCUT2D eigenvalue weighted by Crippen LogP contribution is -2.45. The van der Waals surface area contributed by atoms with Crippen LogP contribution in [0.2, 0.25) is 0 Å². The van der Waals surface area contributed by atoms with E-state index in [2.05, 4.69) is 24.1 Å². The van der Waals surface area contributed by atoms with Crippen LogP contribution in [0, 0.1) is 5.92 Å². The van der Waals surface area contributed by atoms with E-state index in [1.165, 1.54) is 38.9 Å². The molecule has 1 rings (SSSR count). The van der Waals surface area contributed by atoms with Gasteiger partial charge >= 0.3 is 0 Å². The first-order valence-corrected chi connectivity index (χ1v) is 9.12. The Morgan fingerprint density at radius 3 is 2.94 bits per heavy atom. The molecular formula is C14H30N2OS. The first kappa shape index (κ1) is 16.1. The largest absolute Gasteiger partial charge is 0.314 e.